The molecule has 3 rings (SSSR count). The molecule has 0 spiro atoms. The number of aromatic nitrogens is 2. The number of benzene rings is 2. The molecule has 0 aliphatic rings. The Kier molecular flexibility index (Phi) is 6.29. The second-order valence-electron chi connectivity index (χ2n) is 6.27. The molecule has 0 fully saturated rings. The van der Waals surface area contributed by atoms with E-state index in [1.807, 2.05) is 36.4 Å². The molecule has 1 atom stereocenters. The Morgan fingerprint density at radius 3 is 2.57 bits per heavy atom. The number of H-pyrrole nitrogens is 1. The number of carbonyl (C=O) groups is 1. The van der Waals surface area contributed by atoms with Crippen molar-refractivity contribution in [3.8, 4) is 22.8 Å². The number of methoxy groups -OCH3 is 2. The van der Waals surface area contributed by atoms with Crippen molar-refractivity contribution < 1.29 is 19.4 Å². The summed E-state index contributed by atoms with van der Waals surface area (Å²) >= 11 is 0. The minimum atomic E-state index is -0.400. The lowest BCUT2D eigenvalue weighted by molar-refractivity contribution is 0.0917. The van der Waals surface area contributed by atoms with Gasteiger partial charge in [0, 0.05) is 5.56 Å². The Bertz CT molecular complexity index is 924. The van der Waals surface area contributed by atoms with Gasteiger partial charge in [-0.1, -0.05) is 30.3 Å². The molecule has 0 bridgehead atoms. The highest BCUT2D eigenvalue weighted by Crippen LogP contribution is 2.32. The Morgan fingerprint density at radius 2 is 1.89 bits per heavy atom. The van der Waals surface area contributed by atoms with Crippen LogP contribution in [0.2, 0.25) is 0 Å². The fourth-order valence-corrected chi connectivity index (χ4v) is 2.99. The van der Waals surface area contributed by atoms with Gasteiger partial charge in [-0.3, -0.25) is 9.89 Å². The van der Waals surface area contributed by atoms with E-state index in [1.165, 1.54) is 6.20 Å². The largest absolute Gasteiger partial charge is 0.493 e. The van der Waals surface area contributed by atoms with Crippen LogP contribution in [0.3, 0.4) is 0 Å². The van der Waals surface area contributed by atoms with Crippen molar-refractivity contribution in [2.24, 2.45) is 0 Å². The van der Waals surface area contributed by atoms with E-state index in [1.54, 1.807) is 26.4 Å². The molecule has 3 aromatic rings. The summed E-state index contributed by atoms with van der Waals surface area (Å²) in [7, 11) is 3.12. The maximum Gasteiger partial charge on any atom is 0.255 e. The fraction of sp³-hybridized carbons (Fsp3) is 0.238. The number of rotatable bonds is 8. The summed E-state index contributed by atoms with van der Waals surface area (Å²) in [5.74, 6) is 0.840. The lowest BCUT2D eigenvalue weighted by atomic mass is 10.0. The van der Waals surface area contributed by atoms with E-state index in [-0.39, 0.29) is 12.5 Å². The van der Waals surface area contributed by atoms with Crippen LogP contribution in [0.1, 0.15) is 15.9 Å². The third kappa shape index (κ3) is 4.32. The number of nitrogens with zero attached hydrogens (tertiary/aromatic N) is 1. The van der Waals surface area contributed by atoms with Gasteiger partial charge in [0.1, 0.15) is 0 Å². The molecule has 7 nitrogen and oxygen atoms in total. The maximum atomic E-state index is 12.8. The van der Waals surface area contributed by atoms with Gasteiger partial charge in [0.2, 0.25) is 0 Å². The van der Waals surface area contributed by atoms with Crippen LogP contribution >= 0.6 is 0 Å². The monoisotopic (exact) mass is 381 g/mol. The zero-order valence-corrected chi connectivity index (χ0v) is 15.8. The van der Waals surface area contributed by atoms with E-state index < -0.39 is 6.04 Å². The van der Waals surface area contributed by atoms with E-state index in [4.69, 9.17) is 9.47 Å². The number of aliphatic hydroxyl groups excluding tert-OH is 1. The van der Waals surface area contributed by atoms with E-state index >= 15 is 0 Å². The second kappa shape index (κ2) is 9.05. The number of hydrogen-bond acceptors (Lipinski definition) is 5. The molecule has 1 amide bonds. The Morgan fingerprint density at radius 1 is 1.14 bits per heavy atom. The smallest absolute Gasteiger partial charge is 0.255 e. The molecule has 1 aromatic heterocycles. The van der Waals surface area contributed by atoms with E-state index in [2.05, 4.69) is 15.5 Å². The van der Waals surface area contributed by atoms with Crippen molar-refractivity contribution in [3.63, 3.8) is 0 Å². The summed E-state index contributed by atoms with van der Waals surface area (Å²) in [5.41, 5.74) is 2.73. The van der Waals surface area contributed by atoms with Gasteiger partial charge in [-0.05, 0) is 30.2 Å². The van der Waals surface area contributed by atoms with Crippen molar-refractivity contribution in [1.82, 2.24) is 15.5 Å². The first kappa shape index (κ1) is 19.4. The topological polar surface area (TPSA) is 96.5 Å². The fourth-order valence-electron chi connectivity index (χ4n) is 2.99. The number of aliphatic hydroxyl groups is 1. The van der Waals surface area contributed by atoms with Crippen LogP contribution in [0.4, 0.5) is 0 Å². The molecule has 2 aromatic carbocycles. The van der Waals surface area contributed by atoms with E-state index in [0.717, 1.165) is 11.1 Å². The first-order valence-electron chi connectivity index (χ1n) is 8.87. The van der Waals surface area contributed by atoms with Gasteiger partial charge in [0.15, 0.2) is 11.5 Å². The van der Waals surface area contributed by atoms with Crippen LogP contribution in [0.5, 0.6) is 11.5 Å². The highest BCUT2D eigenvalue weighted by Gasteiger charge is 2.20. The van der Waals surface area contributed by atoms with Crippen LogP contribution in [0.25, 0.3) is 11.3 Å². The van der Waals surface area contributed by atoms with Gasteiger partial charge in [-0.2, -0.15) is 5.10 Å². The predicted molar refractivity (Wildman–Crippen MR) is 106 cm³/mol. The molecule has 1 unspecified atom stereocenters. The van der Waals surface area contributed by atoms with Crippen LogP contribution in [0, 0.1) is 0 Å². The molecule has 3 N–H and O–H groups in total. The zero-order chi connectivity index (χ0) is 19.9. The summed E-state index contributed by atoms with van der Waals surface area (Å²) in [6.45, 7) is -0.163. The van der Waals surface area contributed by atoms with Crippen molar-refractivity contribution in [2.75, 3.05) is 20.8 Å². The van der Waals surface area contributed by atoms with E-state index in [9.17, 15) is 9.90 Å². The van der Waals surface area contributed by atoms with Crippen molar-refractivity contribution in [3.05, 3.63) is 65.9 Å². The first-order chi connectivity index (χ1) is 13.7. The highest BCUT2D eigenvalue weighted by atomic mass is 16.5. The molecule has 0 saturated heterocycles. The minimum absolute atomic E-state index is 0.163. The van der Waals surface area contributed by atoms with Gasteiger partial charge in [0.25, 0.3) is 5.91 Å². The quantitative estimate of drug-likeness (QED) is 0.557. The number of amides is 1. The average molecular weight is 381 g/mol. The van der Waals surface area contributed by atoms with Crippen molar-refractivity contribution >= 4 is 5.91 Å². The average Bonchev–Trinajstić information content (AvgIpc) is 3.23. The molecule has 7 heteroatoms. The predicted octanol–water partition coefficient (Wildman–Crippen LogP) is 2.43. The third-order valence-electron chi connectivity index (χ3n) is 4.44. The zero-order valence-electron chi connectivity index (χ0n) is 15.8. The molecular formula is C21H23N3O4. The molecule has 28 heavy (non-hydrogen) atoms. The lowest BCUT2D eigenvalue weighted by Gasteiger charge is -2.16. The number of hydrogen-bond donors (Lipinski definition) is 3. The van der Waals surface area contributed by atoms with Gasteiger partial charge >= 0.3 is 0 Å². The Labute approximate surface area is 163 Å². The Hall–Kier alpha value is -3.32. The molecule has 0 aliphatic heterocycles. The number of ether oxygens (including phenoxy) is 2. The number of carbonyl (C=O) groups excluding carboxylic acids is 1. The van der Waals surface area contributed by atoms with Crippen LogP contribution in [-0.4, -0.2) is 48.1 Å². The van der Waals surface area contributed by atoms with Gasteiger partial charge in [-0.15, -0.1) is 0 Å². The summed E-state index contributed by atoms with van der Waals surface area (Å²) in [6.07, 6.45) is 2.00. The second-order valence-corrected chi connectivity index (χ2v) is 6.27. The van der Waals surface area contributed by atoms with E-state index in [0.29, 0.717) is 29.2 Å². The summed E-state index contributed by atoms with van der Waals surface area (Å²) in [6, 6.07) is 14.7. The molecule has 0 radical (unpaired) electrons. The van der Waals surface area contributed by atoms with Crippen molar-refractivity contribution in [1.29, 1.82) is 0 Å². The molecule has 0 aliphatic carbocycles. The maximum absolute atomic E-state index is 12.8. The lowest BCUT2D eigenvalue weighted by Crippen LogP contribution is -2.39. The first-order valence-corrected chi connectivity index (χ1v) is 8.87. The molecular weight excluding hydrogens is 358 g/mol. The van der Waals surface area contributed by atoms with Gasteiger partial charge < -0.3 is 19.9 Å². The van der Waals surface area contributed by atoms with Gasteiger partial charge in [0.05, 0.1) is 44.3 Å². The van der Waals surface area contributed by atoms with Crippen LogP contribution < -0.4 is 14.8 Å². The molecule has 1 heterocycles. The summed E-state index contributed by atoms with van der Waals surface area (Å²) in [5, 5.41) is 19.4. The highest BCUT2D eigenvalue weighted by molar-refractivity contribution is 6.00. The normalized spacial score (nSPS) is 11.7. The van der Waals surface area contributed by atoms with Crippen molar-refractivity contribution in [2.45, 2.75) is 12.5 Å². The summed E-state index contributed by atoms with van der Waals surface area (Å²) in [4.78, 5) is 12.8. The van der Waals surface area contributed by atoms with Crippen LogP contribution in [0.15, 0.2) is 54.7 Å². The minimum Gasteiger partial charge on any atom is -0.493 e. The molecule has 0 saturated carbocycles. The van der Waals surface area contributed by atoms with Crippen LogP contribution in [-0.2, 0) is 6.42 Å². The third-order valence-corrected chi connectivity index (χ3v) is 4.44. The number of aromatic amines is 1. The SMILES string of the molecule is COc1ccc(-c2[nH]ncc2C(=O)NC(CO)Cc2ccccc2)cc1OC. The number of nitrogens with one attached hydrogen (secondary N) is 2. The standard InChI is InChI=1S/C21H23N3O4/c1-27-18-9-8-15(11-19(18)28-2)20-17(12-22-24-20)21(26)23-16(13-25)10-14-6-4-3-5-7-14/h3-9,11-12,16,25H,10,13H2,1-2H3,(H,22,24)(H,23,26). The molecule has 146 valence electrons. The van der Waals surface area contributed by atoms with Gasteiger partial charge in [-0.25, -0.2) is 0 Å². The Balaban J connectivity index is 1.79. The summed E-state index contributed by atoms with van der Waals surface area (Å²) < 4.78 is 10.6.